The lowest BCUT2D eigenvalue weighted by atomic mass is 10.1. The van der Waals surface area contributed by atoms with Gasteiger partial charge < -0.3 is 0 Å². The topological polar surface area (TPSA) is 12.4 Å². The third-order valence-corrected chi connectivity index (χ3v) is 3.36. The first kappa shape index (κ1) is 11.5. The molecular weight excluding hydrogens is 242 g/mol. The van der Waals surface area contributed by atoms with Gasteiger partial charge in [0.2, 0.25) is 0 Å². The molecule has 0 spiro atoms. The number of halogens is 1. The molecule has 0 atom stereocenters. The molecule has 0 N–H and O–H groups in total. The highest BCUT2D eigenvalue weighted by atomic mass is 35.5. The quantitative estimate of drug-likeness (QED) is 0.694. The maximum Gasteiger partial charge on any atom is 0.0634 e. The fourth-order valence-corrected chi connectivity index (χ4v) is 2.14. The molecule has 90 valence electrons. The Morgan fingerprint density at radius 1 is 0.944 bits per heavy atom. The monoisotopic (exact) mass is 255 g/mol. The predicted molar refractivity (Wildman–Crippen MR) is 76.8 cm³/mol. The Hall–Kier alpha value is -1.60. The largest absolute Gasteiger partial charge is 0.253 e. The SMILES string of the molecule is Clc1ccc(N=C(c2ccccc2)C2CC2)cc1. The van der Waals surface area contributed by atoms with Crippen molar-refractivity contribution in [3.63, 3.8) is 0 Å². The van der Waals surface area contributed by atoms with Crippen molar-refractivity contribution >= 4 is 23.0 Å². The smallest absolute Gasteiger partial charge is 0.0634 e. The number of hydrogen-bond acceptors (Lipinski definition) is 1. The Morgan fingerprint density at radius 3 is 2.22 bits per heavy atom. The summed E-state index contributed by atoms with van der Waals surface area (Å²) in [5.41, 5.74) is 3.41. The molecule has 2 aromatic carbocycles. The molecule has 1 aliphatic carbocycles. The van der Waals surface area contributed by atoms with E-state index in [9.17, 15) is 0 Å². The number of rotatable bonds is 3. The van der Waals surface area contributed by atoms with Crippen LogP contribution in [0.25, 0.3) is 0 Å². The van der Waals surface area contributed by atoms with Crippen molar-refractivity contribution in [2.75, 3.05) is 0 Å². The first-order chi connectivity index (χ1) is 8.83. The molecule has 2 aromatic rings. The van der Waals surface area contributed by atoms with Crippen LogP contribution >= 0.6 is 11.6 Å². The fraction of sp³-hybridized carbons (Fsp3) is 0.188. The van der Waals surface area contributed by atoms with Crippen LogP contribution in [-0.4, -0.2) is 5.71 Å². The molecule has 1 fully saturated rings. The lowest BCUT2D eigenvalue weighted by Crippen LogP contribution is -2.02. The molecular formula is C16H14ClN. The van der Waals surface area contributed by atoms with Gasteiger partial charge >= 0.3 is 0 Å². The molecule has 3 rings (SSSR count). The van der Waals surface area contributed by atoms with E-state index < -0.39 is 0 Å². The number of hydrogen-bond donors (Lipinski definition) is 0. The second-order valence-corrected chi connectivity index (χ2v) is 5.05. The van der Waals surface area contributed by atoms with E-state index in [0.29, 0.717) is 5.92 Å². The molecule has 18 heavy (non-hydrogen) atoms. The summed E-state index contributed by atoms with van der Waals surface area (Å²) in [7, 11) is 0. The summed E-state index contributed by atoms with van der Waals surface area (Å²) in [5.74, 6) is 0.628. The van der Waals surface area contributed by atoms with Crippen LogP contribution in [0.2, 0.25) is 5.02 Å². The van der Waals surface area contributed by atoms with Gasteiger partial charge in [-0.15, -0.1) is 0 Å². The van der Waals surface area contributed by atoms with Crippen molar-refractivity contribution in [3.05, 3.63) is 65.2 Å². The van der Waals surface area contributed by atoms with Crippen LogP contribution in [0.3, 0.4) is 0 Å². The zero-order chi connectivity index (χ0) is 12.4. The number of nitrogens with zero attached hydrogens (tertiary/aromatic N) is 1. The van der Waals surface area contributed by atoms with Gasteiger partial charge in [0.05, 0.1) is 11.4 Å². The van der Waals surface area contributed by atoms with Gasteiger partial charge in [0.1, 0.15) is 0 Å². The highest BCUT2D eigenvalue weighted by Crippen LogP contribution is 2.34. The molecule has 0 unspecified atom stereocenters. The second-order valence-electron chi connectivity index (χ2n) is 4.61. The minimum Gasteiger partial charge on any atom is -0.253 e. The highest BCUT2D eigenvalue weighted by Gasteiger charge is 2.28. The Bertz CT molecular complexity index is 553. The molecule has 0 amide bonds. The third-order valence-electron chi connectivity index (χ3n) is 3.11. The Morgan fingerprint density at radius 2 is 1.61 bits per heavy atom. The summed E-state index contributed by atoms with van der Waals surface area (Å²) >= 11 is 5.89. The molecule has 0 aliphatic heterocycles. The van der Waals surface area contributed by atoms with Gasteiger partial charge in [-0.25, -0.2) is 0 Å². The van der Waals surface area contributed by atoms with Gasteiger partial charge in [-0.3, -0.25) is 4.99 Å². The Kier molecular flexibility index (Phi) is 3.16. The van der Waals surface area contributed by atoms with Crippen molar-refractivity contribution in [1.82, 2.24) is 0 Å². The van der Waals surface area contributed by atoms with Crippen molar-refractivity contribution in [3.8, 4) is 0 Å². The van der Waals surface area contributed by atoms with Crippen LogP contribution in [0.5, 0.6) is 0 Å². The molecule has 0 radical (unpaired) electrons. The van der Waals surface area contributed by atoms with Crippen LogP contribution in [-0.2, 0) is 0 Å². The van der Waals surface area contributed by atoms with Crippen LogP contribution in [0.15, 0.2) is 59.6 Å². The molecule has 1 aliphatic rings. The van der Waals surface area contributed by atoms with E-state index in [1.165, 1.54) is 24.1 Å². The van der Waals surface area contributed by atoms with Gasteiger partial charge in [0.25, 0.3) is 0 Å². The van der Waals surface area contributed by atoms with E-state index in [-0.39, 0.29) is 0 Å². The highest BCUT2D eigenvalue weighted by molar-refractivity contribution is 6.30. The average Bonchev–Trinajstić information content (AvgIpc) is 3.23. The third kappa shape index (κ3) is 2.62. The maximum atomic E-state index is 5.89. The molecule has 0 saturated heterocycles. The van der Waals surface area contributed by atoms with Crippen LogP contribution in [0, 0.1) is 5.92 Å². The Balaban J connectivity index is 1.97. The zero-order valence-corrected chi connectivity index (χ0v) is 10.8. The predicted octanol–water partition coefficient (Wildman–Crippen LogP) is 4.87. The summed E-state index contributed by atoms with van der Waals surface area (Å²) in [5, 5.41) is 0.752. The molecule has 1 nitrogen and oxygen atoms in total. The van der Waals surface area contributed by atoms with Crippen molar-refractivity contribution < 1.29 is 0 Å². The molecule has 0 heterocycles. The molecule has 1 saturated carbocycles. The van der Waals surface area contributed by atoms with Crippen molar-refractivity contribution in [1.29, 1.82) is 0 Å². The summed E-state index contributed by atoms with van der Waals surface area (Å²) in [4.78, 5) is 4.79. The average molecular weight is 256 g/mol. The molecule has 0 bridgehead atoms. The maximum absolute atomic E-state index is 5.89. The van der Waals surface area contributed by atoms with E-state index in [0.717, 1.165) is 10.7 Å². The first-order valence-corrected chi connectivity index (χ1v) is 6.60. The minimum atomic E-state index is 0.628. The summed E-state index contributed by atoms with van der Waals surface area (Å²) in [6.45, 7) is 0. The van der Waals surface area contributed by atoms with E-state index >= 15 is 0 Å². The van der Waals surface area contributed by atoms with Crippen LogP contribution in [0.4, 0.5) is 5.69 Å². The van der Waals surface area contributed by atoms with E-state index in [4.69, 9.17) is 16.6 Å². The first-order valence-electron chi connectivity index (χ1n) is 6.22. The minimum absolute atomic E-state index is 0.628. The van der Waals surface area contributed by atoms with Gasteiger partial charge in [-0.2, -0.15) is 0 Å². The lowest BCUT2D eigenvalue weighted by Gasteiger charge is -2.05. The van der Waals surface area contributed by atoms with Crippen LogP contribution in [0.1, 0.15) is 18.4 Å². The molecule has 0 aromatic heterocycles. The van der Waals surface area contributed by atoms with Crippen LogP contribution < -0.4 is 0 Å². The Labute approximate surface area is 112 Å². The standard InChI is InChI=1S/C16H14ClN/c17-14-8-10-15(11-9-14)18-16(13-6-7-13)12-4-2-1-3-5-12/h1-5,8-11,13H,6-7H2. The summed E-state index contributed by atoms with van der Waals surface area (Å²) in [6.07, 6.45) is 2.50. The van der Waals surface area contributed by atoms with Crippen molar-refractivity contribution in [2.45, 2.75) is 12.8 Å². The molecule has 2 heteroatoms. The summed E-state index contributed by atoms with van der Waals surface area (Å²) < 4.78 is 0. The van der Waals surface area contributed by atoms with E-state index in [1.54, 1.807) is 0 Å². The van der Waals surface area contributed by atoms with Crippen molar-refractivity contribution in [2.24, 2.45) is 10.9 Å². The zero-order valence-electron chi connectivity index (χ0n) is 10.0. The van der Waals surface area contributed by atoms with E-state index in [2.05, 4.69) is 24.3 Å². The fourth-order valence-electron chi connectivity index (χ4n) is 2.01. The van der Waals surface area contributed by atoms with E-state index in [1.807, 2.05) is 30.3 Å². The number of benzene rings is 2. The normalized spacial score (nSPS) is 15.7. The van der Waals surface area contributed by atoms with Gasteiger partial charge in [0.15, 0.2) is 0 Å². The van der Waals surface area contributed by atoms with Gasteiger partial charge in [-0.05, 0) is 42.7 Å². The summed E-state index contributed by atoms with van der Waals surface area (Å²) in [6, 6.07) is 18.1. The van der Waals surface area contributed by atoms with Gasteiger partial charge in [-0.1, -0.05) is 41.9 Å². The van der Waals surface area contributed by atoms with Gasteiger partial charge in [0, 0.05) is 10.9 Å². The second kappa shape index (κ2) is 4.95. The lowest BCUT2D eigenvalue weighted by molar-refractivity contribution is 1.18. The number of aliphatic imine (C=N–C) groups is 1.